The second-order valence-electron chi connectivity index (χ2n) is 5.84. The minimum absolute atomic E-state index is 0.0187. The number of rotatable bonds is 5. The number of carbonyl (C=O) groups excluding carboxylic acids is 1. The topological polar surface area (TPSA) is 68.9 Å². The molecule has 0 saturated heterocycles. The number of aromatic nitrogens is 2. The van der Waals surface area contributed by atoms with Crippen molar-refractivity contribution in [3.63, 3.8) is 0 Å². The maximum atomic E-state index is 11.5. The Morgan fingerprint density at radius 3 is 2.55 bits per heavy atom. The van der Waals surface area contributed by atoms with Gasteiger partial charge in [-0.05, 0) is 30.5 Å². The van der Waals surface area contributed by atoms with E-state index in [1.807, 2.05) is 18.2 Å². The van der Waals surface area contributed by atoms with Crippen LogP contribution in [0, 0.1) is 0 Å². The molecule has 2 aromatic rings. The maximum absolute atomic E-state index is 11.5. The zero-order valence-corrected chi connectivity index (χ0v) is 13.0. The van der Waals surface area contributed by atoms with Crippen molar-refractivity contribution in [2.24, 2.45) is 5.73 Å². The molecule has 0 unspecified atom stereocenters. The van der Waals surface area contributed by atoms with Crippen LogP contribution in [0.2, 0.25) is 5.02 Å². The first-order valence-electron chi connectivity index (χ1n) is 7.43. The normalized spacial score (nSPS) is 16.1. The third-order valence-electron chi connectivity index (χ3n) is 4.46. The van der Waals surface area contributed by atoms with Gasteiger partial charge in [0.1, 0.15) is 5.82 Å². The molecule has 0 atom stereocenters. The van der Waals surface area contributed by atoms with Gasteiger partial charge in [-0.25, -0.2) is 9.97 Å². The Morgan fingerprint density at radius 2 is 2.00 bits per heavy atom. The summed E-state index contributed by atoms with van der Waals surface area (Å²) in [6, 6.07) is 8.03. The largest absolute Gasteiger partial charge is 0.324 e. The number of hydrogen-bond acceptors (Lipinski definition) is 4. The SMILES string of the molecule is NCC(=O)c1cnc(CC2(c3cccc(Cl)c3)CCC2)nc1. The van der Waals surface area contributed by atoms with Crippen LogP contribution in [0.5, 0.6) is 0 Å². The lowest BCUT2D eigenvalue weighted by Crippen LogP contribution is -2.37. The zero-order valence-electron chi connectivity index (χ0n) is 12.3. The summed E-state index contributed by atoms with van der Waals surface area (Å²) in [5.41, 5.74) is 7.14. The summed E-state index contributed by atoms with van der Waals surface area (Å²) < 4.78 is 0. The average molecular weight is 316 g/mol. The van der Waals surface area contributed by atoms with Crippen molar-refractivity contribution in [1.29, 1.82) is 0 Å². The van der Waals surface area contributed by atoms with Gasteiger partial charge >= 0.3 is 0 Å². The Morgan fingerprint density at radius 1 is 1.27 bits per heavy atom. The monoisotopic (exact) mass is 315 g/mol. The molecule has 2 N–H and O–H groups in total. The van der Waals surface area contributed by atoms with Crippen molar-refractivity contribution in [2.45, 2.75) is 31.1 Å². The van der Waals surface area contributed by atoms with Gasteiger partial charge in [-0.3, -0.25) is 4.79 Å². The highest BCUT2D eigenvalue weighted by atomic mass is 35.5. The van der Waals surface area contributed by atoms with E-state index in [0.29, 0.717) is 5.56 Å². The predicted octanol–water partition coefficient (Wildman–Crippen LogP) is 2.94. The average Bonchev–Trinajstić information content (AvgIpc) is 2.50. The van der Waals surface area contributed by atoms with Crippen molar-refractivity contribution in [3.8, 4) is 0 Å². The Bertz CT molecular complexity index is 681. The summed E-state index contributed by atoms with van der Waals surface area (Å²) in [7, 11) is 0. The van der Waals surface area contributed by atoms with Crippen molar-refractivity contribution >= 4 is 17.4 Å². The van der Waals surface area contributed by atoms with Crippen LogP contribution < -0.4 is 5.73 Å². The molecule has 22 heavy (non-hydrogen) atoms. The van der Waals surface area contributed by atoms with Crippen LogP contribution in [0.15, 0.2) is 36.7 Å². The molecule has 0 radical (unpaired) electrons. The number of benzene rings is 1. The molecule has 1 aliphatic rings. The second kappa shape index (κ2) is 6.15. The molecule has 1 saturated carbocycles. The van der Waals surface area contributed by atoms with Crippen LogP contribution >= 0.6 is 11.6 Å². The number of hydrogen-bond donors (Lipinski definition) is 1. The zero-order chi connectivity index (χ0) is 15.6. The third kappa shape index (κ3) is 2.89. The summed E-state index contributed by atoms with van der Waals surface area (Å²) in [6.07, 6.45) is 7.34. The lowest BCUT2D eigenvalue weighted by molar-refractivity contribution is 0.100. The van der Waals surface area contributed by atoms with Gasteiger partial charge in [0, 0.05) is 29.3 Å². The molecule has 114 valence electrons. The Labute approximate surface area is 134 Å². The summed E-state index contributed by atoms with van der Waals surface area (Å²) in [6.45, 7) is -0.0187. The van der Waals surface area contributed by atoms with Crippen LogP contribution in [0.25, 0.3) is 0 Å². The predicted molar refractivity (Wildman–Crippen MR) is 86.1 cm³/mol. The van der Waals surface area contributed by atoms with E-state index < -0.39 is 0 Å². The first kappa shape index (κ1) is 15.1. The van der Waals surface area contributed by atoms with E-state index in [2.05, 4.69) is 16.0 Å². The van der Waals surface area contributed by atoms with Crippen LogP contribution in [0.3, 0.4) is 0 Å². The van der Waals surface area contributed by atoms with E-state index in [9.17, 15) is 4.79 Å². The standard InChI is InChI=1S/C17H18ClN3O/c18-14-4-1-3-13(7-14)17(5-2-6-17)8-16-20-10-12(11-21-16)15(22)9-19/h1,3-4,7,10-11H,2,5-6,8-9,19H2. The molecule has 0 amide bonds. The molecule has 1 aromatic carbocycles. The number of nitrogens with zero attached hydrogens (tertiary/aromatic N) is 2. The summed E-state index contributed by atoms with van der Waals surface area (Å²) in [5.74, 6) is 0.619. The maximum Gasteiger partial charge on any atom is 0.179 e. The highest BCUT2D eigenvalue weighted by Gasteiger charge is 2.39. The number of halogens is 1. The minimum Gasteiger partial charge on any atom is -0.324 e. The van der Waals surface area contributed by atoms with E-state index in [1.54, 1.807) is 12.4 Å². The van der Waals surface area contributed by atoms with Gasteiger partial charge in [0.05, 0.1) is 12.1 Å². The van der Waals surface area contributed by atoms with E-state index >= 15 is 0 Å². The van der Waals surface area contributed by atoms with Gasteiger partial charge in [0.2, 0.25) is 0 Å². The molecule has 4 nitrogen and oxygen atoms in total. The lowest BCUT2D eigenvalue weighted by atomic mass is 9.62. The minimum atomic E-state index is -0.139. The van der Waals surface area contributed by atoms with Crippen molar-refractivity contribution < 1.29 is 4.79 Å². The first-order valence-corrected chi connectivity index (χ1v) is 7.81. The number of ketones is 1. The van der Waals surface area contributed by atoms with Crippen LogP contribution in [0.4, 0.5) is 0 Å². The molecule has 3 rings (SSSR count). The van der Waals surface area contributed by atoms with Crippen molar-refractivity contribution in [1.82, 2.24) is 9.97 Å². The van der Waals surface area contributed by atoms with E-state index in [-0.39, 0.29) is 17.7 Å². The second-order valence-corrected chi connectivity index (χ2v) is 6.27. The molecule has 1 fully saturated rings. The quantitative estimate of drug-likeness (QED) is 0.861. The molecular formula is C17H18ClN3O. The number of Topliss-reactive ketones (excluding diaryl/α,β-unsaturated/α-hetero) is 1. The van der Waals surface area contributed by atoms with Crippen LogP contribution in [0.1, 0.15) is 41.0 Å². The van der Waals surface area contributed by atoms with E-state index in [1.165, 1.54) is 12.0 Å². The van der Waals surface area contributed by atoms with Gasteiger partial charge in [-0.15, -0.1) is 0 Å². The summed E-state index contributed by atoms with van der Waals surface area (Å²) in [4.78, 5) is 20.2. The molecule has 0 spiro atoms. The molecular weight excluding hydrogens is 298 g/mol. The summed E-state index contributed by atoms with van der Waals surface area (Å²) >= 11 is 6.13. The molecule has 5 heteroatoms. The van der Waals surface area contributed by atoms with Crippen LogP contribution in [-0.4, -0.2) is 22.3 Å². The number of nitrogens with two attached hydrogens (primary N) is 1. The molecule has 1 aliphatic carbocycles. The molecule has 1 heterocycles. The highest BCUT2D eigenvalue weighted by molar-refractivity contribution is 6.30. The third-order valence-corrected chi connectivity index (χ3v) is 4.69. The van der Waals surface area contributed by atoms with Gasteiger partial charge in [-0.2, -0.15) is 0 Å². The first-order chi connectivity index (χ1) is 10.6. The molecule has 0 bridgehead atoms. The fourth-order valence-corrected chi connectivity index (χ4v) is 3.19. The lowest BCUT2D eigenvalue weighted by Gasteiger charge is -2.42. The fourth-order valence-electron chi connectivity index (χ4n) is 3.00. The van der Waals surface area contributed by atoms with Crippen molar-refractivity contribution in [2.75, 3.05) is 6.54 Å². The van der Waals surface area contributed by atoms with Gasteiger partial charge in [0.15, 0.2) is 5.78 Å². The van der Waals surface area contributed by atoms with E-state index in [4.69, 9.17) is 17.3 Å². The summed E-state index contributed by atoms with van der Waals surface area (Å²) in [5, 5.41) is 0.758. The number of carbonyl (C=O) groups is 1. The molecule has 1 aromatic heterocycles. The Hall–Kier alpha value is -1.78. The Kier molecular flexibility index (Phi) is 4.23. The van der Waals surface area contributed by atoms with Crippen LogP contribution in [-0.2, 0) is 11.8 Å². The highest BCUT2D eigenvalue weighted by Crippen LogP contribution is 2.46. The van der Waals surface area contributed by atoms with Crippen molar-refractivity contribution in [3.05, 3.63) is 58.6 Å². The smallest absolute Gasteiger partial charge is 0.179 e. The van der Waals surface area contributed by atoms with Gasteiger partial charge in [0.25, 0.3) is 0 Å². The Balaban J connectivity index is 1.82. The van der Waals surface area contributed by atoms with Gasteiger partial charge in [-0.1, -0.05) is 30.2 Å². The van der Waals surface area contributed by atoms with E-state index in [0.717, 1.165) is 30.1 Å². The molecule has 0 aliphatic heterocycles. The van der Waals surface area contributed by atoms with Gasteiger partial charge < -0.3 is 5.73 Å². The fraction of sp³-hybridized carbons (Fsp3) is 0.353.